The van der Waals surface area contributed by atoms with Crippen molar-refractivity contribution >= 4 is 54.0 Å². The first kappa shape index (κ1) is 17.4. The van der Waals surface area contributed by atoms with Gasteiger partial charge in [0.1, 0.15) is 5.82 Å². The zero-order chi connectivity index (χ0) is 18.9. The number of thiazole rings is 1. The number of para-hydroxylation sites is 1. The minimum absolute atomic E-state index is 0.264. The Morgan fingerprint density at radius 3 is 2.44 bits per heavy atom. The van der Waals surface area contributed by atoms with Crippen LogP contribution in [0.1, 0.15) is 0 Å². The average molecular weight is 397 g/mol. The van der Waals surface area contributed by atoms with E-state index in [1.807, 2.05) is 24.3 Å². The fraction of sp³-hybridized carbons (Fsp3) is 0.0556. The summed E-state index contributed by atoms with van der Waals surface area (Å²) in [5, 5.41) is 7.00. The predicted octanol–water partition coefficient (Wildman–Crippen LogP) is 3.98. The Hall–Kier alpha value is -3.04. The van der Waals surface area contributed by atoms with E-state index in [1.54, 1.807) is 47.9 Å². The Balaban J connectivity index is 1.52. The summed E-state index contributed by atoms with van der Waals surface area (Å²) in [6.45, 7) is 0. The van der Waals surface area contributed by atoms with E-state index in [2.05, 4.69) is 25.6 Å². The second kappa shape index (κ2) is 6.93. The summed E-state index contributed by atoms with van der Waals surface area (Å²) >= 11 is 1.55. The molecule has 0 bridgehead atoms. The molecule has 0 aliphatic rings. The first-order chi connectivity index (χ1) is 13.0. The number of benzene rings is 2. The van der Waals surface area contributed by atoms with Gasteiger partial charge in [0.15, 0.2) is 15.0 Å². The summed E-state index contributed by atoms with van der Waals surface area (Å²) in [5.41, 5.74) is 1.63. The number of hydrogen-bond donors (Lipinski definition) is 2. The van der Waals surface area contributed by atoms with Crippen molar-refractivity contribution in [2.24, 2.45) is 0 Å². The normalized spacial score (nSPS) is 11.4. The van der Waals surface area contributed by atoms with Crippen LogP contribution in [0.2, 0.25) is 0 Å². The molecule has 0 aliphatic heterocycles. The number of nitrogens with zero attached hydrogens (tertiary/aromatic N) is 3. The lowest BCUT2D eigenvalue weighted by Crippen LogP contribution is -2.01. The maximum atomic E-state index is 11.5. The monoisotopic (exact) mass is 397 g/mol. The molecular formula is C18H15N5O2S2. The van der Waals surface area contributed by atoms with Gasteiger partial charge in [-0.1, -0.05) is 23.5 Å². The van der Waals surface area contributed by atoms with E-state index in [0.717, 1.165) is 15.3 Å². The maximum absolute atomic E-state index is 11.5. The van der Waals surface area contributed by atoms with E-state index < -0.39 is 9.84 Å². The van der Waals surface area contributed by atoms with Crippen LogP contribution >= 0.6 is 11.3 Å². The highest BCUT2D eigenvalue weighted by Crippen LogP contribution is 2.27. The zero-order valence-corrected chi connectivity index (χ0v) is 15.9. The van der Waals surface area contributed by atoms with Crippen LogP contribution in [0.3, 0.4) is 0 Å². The number of nitrogens with one attached hydrogen (secondary N) is 2. The molecule has 136 valence electrons. The molecule has 7 nitrogen and oxygen atoms in total. The third kappa shape index (κ3) is 4.04. The number of hydrogen-bond acceptors (Lipinski definition) is 8. The number of sulfone groups is 1. The third-order valence-electron chi connectivity index (χ3n) is 3.72. The molecule has 2 heterocycles. The smallest absolute Gasteiger partial charge is 0.229 e. The Labute approximate surface area is 160 Å². The molecule has 0 radical (unpaired) electrons. The summed E-state index contributed by atoms with van der Waals surface area (Å²) in [6.07, 6.45) is 2.81. The van der Waals surface area contributed by atoms with Gasteiger partial charge >= 0.3 is 0 Å². The molecule has 0 amide bonds. The topological polar surface area (TPSA) is 96.9 Å². The van der Waals surface area contributed by atoms with Gasteiger partial charge in [0.05, 0.1) is 15.1 Å². The lowest BCUT2D eigenvalue weighted by atomic mass is 10.3. The maximum Gasteiger partial charge on any atom is 0.229 e. The van der Waals surface area contributed by atoms with Crippen LogP contribution in [0.15, 0.2) is 65.7 Å². The van der Waals surface area contributed by atoms with E-state index in [4.69, 9.17) is 0 Å². The Bertz CT molecular complexity index is 1170. The highest BCUT2D eigenvalue weighted by atomic mass is 32.2. The van der Waals surface area contributed by atoms with Gasteiger partial charge in [-0.3, -0.25) is 0 Å². The van der Waals surface area contributed by atoms with Crippen LogP contribution in [-0.2, 0) is 9.84 Å². The standard InChI is InChI=1S/C18H15N5O2S2/c1-27(24,25)13-8-6-12(7-9-13)20-17-19-11-10-16(22-17)23-18-21-14-4-2-3-5-15(14)26-18/h2-11H,1H3,(H2,19,20,21,22,23). The quantitative estimate of drug-likeness (QED) is 0.526. The molecule has 2 aromatic carbocycles. The van der Waals surface area contributed by atoms with E-state index in [0.29, 0.717) is 17.5 Å². The fourth-order valence-electron chi connectivity index (χ4n) is 2.44. The minimum atomic E-state index is -3.22. The van der Waals surface area contributed by atoms with E-state index in [-0.39, 0.29) is 4.90 Å². The Morgan fingerprint density at radius 1 is 0.926 bits per heavy atom. The number of aromatic nitrogens is 3. The molecule has 0 unspecified atom stereocenters. The van der Waals surface area contributed by atoms with Gasteiger partial charge in [-0.25, -0.2) is 18.4 Å². The first-order valence-corrected chi connectivity index (χ1v) is 10.7. The largest absolute Gasteiger partial charge is 0.324 e. The third-order valence-corrected chi connectivity index (χ3v) is 5.80. The van der Waals surface area contributed by atoms with Gasteiger partial charge in [-0.2, -0.15) is 4.98 Å². The highest BCUT2D eigenvalue weighted by molar-refractivity contribution is 7.90. The molecule has 0 atom stereocenters. The van der Waals surface area contributed by atoms with Crippen molar-refractivity contribution in [3.8, 4) is 0 Å². The van der Waals surface area contributed by atoms with Crippen molar-refractivity contribution in [3.05, 3.63) is 60.8 Å². The molecule has 4 rings (SSSR count). The molecule has 2 N–H and O–H groups in total. The molecular weight excluding hydrogens is 382 g/mol. The van der Waals surface area contributed by atoms with Crippen LogP contribution < -0.4 is 10.6 Å². The van der Waals surface area contributed by atoms with Gasteiger partial charge in [0, 0.05) is 18.1 Å². The fourth-order valence-corrected chi connectivity index (χ4v) is 3.94. The Morgan fingerprint density at radius 2 is 1.70 bits per heavy atom. The summed E-state index contributed by atoms with van der Waals surface area (Å²) in [5.74, 6) is 1.01. The number of fused-ring (bicyclic) bond motifs is 1. The van der Waals surface area contributed by atoms with E-state index in [9.17, 15) is 8.42 Å². The molecule has 0 aliphatic carbocycles. The van der Waals surface area contributed by atoms with Crippen LogP contribution in [0, 0.1) is 0 Å². The van der Waals surface area contributed by atoms with Gasteiger partial charge in [0.25, 0.3) is 0 Å². The molecule has 27 heavy (non-hydrogen) atoms. The summed E-state index contributed by atoms with van der Waals surface area (Å²) in [7, 11) is -3.22. The molecule has 0 fully saturated rings. The second-order valence-electron chi connectivity index (χ2n) is 5.80. The second-order valence-corrected chi connectivity index (χ2v) is 8.85. The highest BCUT2D eigenvalue weighted by Gasteiger charge is 2.08. The summed E-state index contributed by atoms with van der Waals surface area (Å²) in [4.78, 5) is 13.4. The van der Waals surface area contributed by atoms with Gasteiger partial charge < -0.3 is 10.6 Å². The van der Waals surface area contributed by atoms with Crippen molar-refractivity contribution in [1.29, 1.82) is 0 Å². The lowest BCUT2D eigenvalue weighted by molar-refractivity contribution is 0.602. The van der Waals surface area contributed by atoms with Gasteiger partial charge in [-0.15, -0.1) is 0 Å². The molecule has 9 heteroatoms. The predicted molar refractivity (Wildman–Crippen MR) is 108 cm³/mol. The van der Waals surface area contributed by atoms with Gasteiger partial charge in [-0.05, 0) is 42.5 Å². The molecule has 0 saturated carbocycles. The summed E-state index contributed by atoms with van der Waals surface area (Å²) < 4.78 is 24.1. The zero-order valence-electron chi connectivity index (χ0n) is 14.2. The van der Waals surface area contributed by atoms with E-state index in [1.165, 1.54) is 6.26 Å². The van der Waals surface area contributed by atoms with Gasteiger partial charge in [0.2, 0.25) is 5.95 Å². The Kier molecular flexibility index (Phi) is 4.46. The van der Waals surface area contributed by atoms with Crippen LogP contribution in [0.4, 0.5) is 22.6 Å². The van der Waals surface area contributed by atoms with Crippen molar-refractivity contribution in [2.75, 3.05) is 16.9 Å². The minimum Gasteiger partial charge on any atom is -0.324 e. The van der Waals surface area contributed by atoms with Crippen LogP contribution in [0.5, 0.6) is 0 Å². The van der Waals surface area contributed by atoms with E-state index >= 15 is 0 Å². The first-order valence-electron chi connectivity index (χ1n) is 8.00. The summed E-state index contributed by atoms with van der Waals surface area (Å²) in [6, 6.07) is 16.1. The lowest BCUT2D eigenvalue weighted by Gasteiger charge is -2.07. The SMILES string of the molecule is CS(=O)(=O)c1ccc(Nc2nccc(Nc3nc4ccccc4s3)n2)cc1. The molecule has 4 aromatic rings. The molecule has 0 saturated heterocycles. The molecule has 0 spiro atoms. The number of rotatable bonds is 5. The average Bonchev–Trinajstić information content (AvgIpc) is 3.04. The van der Waals surface area contributed by atoms with Crippen molar-refractivity contribution < 1.29 is 8.42 Å². The molecule has 2 aromatic heterocycles. The van der Waals surface area contributed by atoms with Crippen molar-refractivity contribution in [3.63, 3.8) is 0 Å². The van der Waals surface area contributed by atoms with Crippen molar-refractivity contribution in [2.45, 2.75) is 4.90 Å². The number of anilines is 4. The van der Waals surface area contributed by atoms with Crippen LogP contribution in [0.25, 0.3) is 10.2 Å². The van der Waals surface area contributed by atoms with Crippen molar-refractivity contribution in [1.82, 2.24) is 15.0 Å². The van der Waals surface area contributed by atoms with Crippen LogP contribution in [-0.4, -0.2) is 29.6 Å².